The molecule has 0 aromatic heterocycles. The minimum atomic E-state index is -0.728. The van der Waals surface area contributed by atoms with Gasteiger partial charge < -0.3 is 15.4 Å². The van der Waals surface area contributed by atoms with Gasteiger partial charge >= 0.3 is 5.97 Å². The number of carbonyl (C=O) groups is 3. The molecule has 2 amide bonds. The van der Waals surface area contributed by atoms with E-state index in [9.17, 15) is 14.4 Å². The Hall–Kier alpha value is -4.71. The quantitative estimate of drug-likeness (QED) is 0.0388. The number of esters is 1. The van der Waals surface area contributed by atoms with E-state index in [2.05, 4.69) is 152 Å². The van der Waals surface area contributed by atoms with E-state index in [4.69, 9.17) is 4.74 Å². The van der Waals surface area contributed by atoms with Crippen molar-refractivity contribution in [3.05, 3.63) is 146 Å². The Morgan fingerprint density at radius 1 is 0.446 bits per heavy atom. The van der Waals surface area contributed by atoms with Crippen molar-refractivity contribution < 1.29 is 19.1 Å². The molecule has 0 spiro atoms. The molecule has 6 nitrogen and oxygen atoms in total. The lowest BCUT2D eigenvalue weighted by Crippen LogP contribution is -2.42. The fourth-order valence-electron chi connectivity index (χ4n) is 4.99. The SMILES string of the molecule is CCC=CCC=CCC=CCC=CCC=CCC=CCCC(=O)NCCCC(NC(=O)CCC=CCC=CCC=CCC=CCC=CCC=CCC)C(=O)OC. The number of nitrogens with one attached hydrogen (secondary N) is 2. The third kappa shape index (κ3) is 39.0. The average molecular weight is 767 g/mol. The molecule has 0 bridgehead atoms. The highest BCUT2D eigenvalue weighted by Gasteiger charge is 2.20. The molecule has 0 aliphatic carbocycles. The summed E-state index contributed by atoms with van der Waals surface area (Å²) in [5.74, 6) is -0.698. The van der Waals surface area contributed by atoms with Crippen LogP contribution in [-0.4, -0.2) is 37.5 Å². The summed E-state index contributed by atoms with van der Waals surface area (Å²) in [7, 11) is 1.32. The van der Waals surface area contributed by atoms with Crippen molar-refractivity contribution in [1.82, 2.24) is 10.6 Å². The van der Waals surface area contributed by atoms with Crippen LogP contribution in [0, 0.1) is 0 Å². The zero-order chi connectivity index (χ0) is 40.8. The first-order valence-corrected chi connectivity index (χ1v) is 21.0. The van der Waals surface area contributed by atoms with E-state index in [0.29, 0.717) is 45.1 Å². The van der Waals surface area contributed by atoms with Gasteiger partial charge in [-0.1, -0.05) is 160 Å². The van der Waals surface area contributed by atoms with Gasteiger partial charge in [-0.05, 0) is 103 Å². The van der Waals surface area contributed by atoms with Crippen molar-refractivity contribution in [2.45, 2.75) is 135 Å². The summed E-state index contributed by atoms with van der Waals surface area (Å²) in [6.45, 7) is 4.73. The highest BCUT2D eigenvalue weighted by Crippen LogP contribution is 2.04. The maximum atomic E-state index is 12.5. The molecule has 0 aliphatic heterocycles. The number of carbonyl (C=O) groups excluding carboxylic acids is 3. The second-order valence-corrected chi connectivity index (χ2v) is 13.0. The van der Waals surface area contributed by atoms with E-state index in [-0.39, 0.29) is 11.8 Å². The second kappa shape index (κ2) is 43.0. The summed E-state index contributed by atoms with van der Waals surface area (Å²) in [5.41, 5.74) is 0. The van der Waals surface area contributed by atoms with Gasteiger partial charge in [-0.3, -0.25) is 9.59 Å². The Bertz CT molecular complexity index is 1350. The van der Waals surface area contributed by atoms with Crippen LogP contribution in [0.5, 0.6) is 0 Å². The molecule has 0 saturated heterocycles. The van der Waals surface area contributed by atoms with Gasteiger partial charge in [0.2, 0.25) is 11.8 Å². The van der Waals surface area contributed by atoms with Crippen LogP contribution >= 0.6 is 0 Å². The molecule has 0 radical (unpaired) electrons. The van der Waals surface area contributed by atoms with Crippen molar-refractivity contribution in [2.24, 2.45) is 0 Å². The highest BCUT2D eigenvalue weighted by molar-refractivity contribution is 5.84. The van der Waals surface area contributed by atoms with Crippen molar-refractivity contribution in [3.8, 4) is 0 Å². The largest absolute Gasteiger partial charge is 0.467 e. The van der Waals surface area contributed by atoms with Crippen LogP contribution in [0.3, 0.4) is 0 Å². The van der Waals surface area contributed by atoms with Gasteiger partial charge in [-0.2, -0.15) is 0 Å². The topological polar surface area (TPSA) is 84.5 Å². The monoisotopic (exact) mass is 767 g/mol. The standard InChI is InChI=1S/C50H74N2O4/c1-4-6-8-10-12-14-16-18-20-22-24-26-28-30-32-34-36-38-40-44-48(53)51-46-42-43-47(50(55)56-3)52-49(54)45-41-39-37-35-33-31-29-27-25-23-21-19-17-15-13-11-9-7-5-2/h6-9,12-15,18-21,24-27,30-33,36-39,47H,4-5,10-11,16-17,22-23,28-29,34-35,40-46H2,1-3H3,(H,51,53)(H,52,54). The fraction of sp³-hybridized carbons (Fsp3) is 0.460. The lowest BCUT2D eigenvalue weighted by Gasteiger charge is -2.16. The Kier molecular flexibility index (Phi) is 39.4. The number of allylic oxidation sites excluding steroid dienone is 24. The van der Waals surface area contributed by atoms with Crippen molar-refractivity contribution in [3.63, 3.8) is 0 Å². The molecule has 0 heterocycles. The molecule has 6 heteroatoms. The summed E-state index contributed by atoms with van der Waals surface area (Å²) in [6.07, 6.45) is 66.2. The van der Waals surface area contributed by atoms with Gasteiger partial charge in [-0.25, -0.2) is 4.79 Å². The molecule has 1 unspecified atom stereocenters. The van der Waals surface area contributed by atoms with Gasteiger partial charge in [-0.15, -0.1) is 0 Å². The summed E-state index contributed by atoms with van der Waals surface area (Å²) >= 11 is 0. The molecular weight excluding hydrogens is 693 g/mol. The molecule has 0 aromatic rings. The van der Waals surface area contributed by atoms with Gasteiger partial charge in [0.05, 0.1) is 7.11 Å². The Balaban J connectivity index is 4.02. The Morgan fingerprint density at radius 3 is 1.07 bits per heavy atom. The van der Waals surface area contributed by atoms with E-state index in [1.807, 2.05) is 18.2 Å². The van der Waals surface area contributed by atoms with E-state index in [1.165, 1.54) is 7.11 Å². The maximum absolute atomic E-state index is 12.5. The van der Waals surface area contributed by atoms with Crippen LogP contribution in [0.4, 0.5) is 0 Å². The van der Waals surface area contributed by atoms with E-state index < -0.39 is 12.0 Å². The van der Waals surface area contributed by atoms with Gasteiger partial charge in [0.25, 0.3) is 0 Å². The molecular formula is C50H74N2O4. The maximum Gasteiger partial charge on any atom is 0.328 e. The Morgan fingerprint density at radius 2 is 0.750 bits per heavy atom. The third-order valence-electron chi connectivity index (χ3n) is 8.08. The van der Waals surface area contributed by atoms with Crippen LogP contribution in [-0.2, 0) is 19.1 Å². The number of methoxy groups -OCH3 is 1. The molecule has 0 aromatic carbocycles. The number of amides is 2. The van der Waals surface area contributed by atoms with Gasteiger partial charge in [0, 0.05) is 19.4 Å². The number of rotatable bonds is 34. The first-order valence-electron chi connectivity index (χ1n) is 21.0. The third-order valence-corrected chi connectivity index (χ3v) is 8.08. The van der Waals surface area contributed by atoms with Crippen molar-refractivity contribution >= 4 is 17.8 Å². The lowest BCUT2D eigenvalue weighted by molar-refractivity contribution is -0.145. The molecule has 0 saturated carbocycles. The lowest BCUT2D eigenvalue weighted by atomic mass is 10.1. The first kappa shape index (κ1) is 51.3. The fourth-order valence-corrected chi connectivity index (χ4v) is 4.99. The van der Waals surface area contributed by atoms with Crippen molar-refractivity contribution in [1.29, 1.82) is 0 Å². The van der Waals surface area contributed by atoms with Crippen LogP contribution in [0.2, 0.25) is 0 Å². The molecule has 308 valence electrons. The minimum absolute atomic E-state index is 0.0282. The highest BCUT2D eigenvalue weighted by atomic mass is 16.5. The summed E-state index contributed by atoms with van der Waals surface area (Å²) < 4.78 is 4.89. The summed E-state index contributed by atoms with van der Waals surface area (Å²) in [5, 5.41) is 5.69. The summed E-state index contributed by atoms with van der Waals surface area (Å²) in [4.78, 5) is 36.9. The Labute approximate surface area is 341 Å². The number of hydrogen-bond acceptors (Lipinski definition) is 4. The number of hydrogen-bond donors (Lipinski definition) is 2. The smallest absolute Gasteiger partial charge is 0.328 e. The van der Waals surface area contributed by atoms with E-state index >= 15 is 0 Å². The second-order valence-electron chi connectivity index (χ2n) is 13.0. The van der Waals surface area contributed by atoms with Gasteiger partial charge in [0.1, 0.15) is 6.04 Å². The van der Waals surface area contributed by atoms with Crippen LogP contribution in [0.15, 0.2) is 146 Å². The van der Waals surface area contributed by atoms with Crippen LogP contribution in [0.25, 0.3) is 0 Å². The molecule has 2 N–H and O–H groups in total. The zero-order valence-electron chi connectivity index (χ0n) is 35.0. The predicted octanol–water partition coefficient (Wildman–Crippen LogP) is 12.5. The minimum Gasteiger partial charge on any atom is -0.467 e. The summed E-state index contributed by atoms with van der Waals surface area (Å²) in [6, 6.07) is -0.728. The van der Waals surface area contributed by atoms with Gasteiger partial charge in [0.15, 0.2) is 0 Å². The molecule has 0 aliphatic rings. The van der Waals surface area contributed by atoms with Crippen LogP contribution < -0.4 is 10.6 Å². The molecule has 56 heavy (non-hydrogen) atoms. The van der Waals surface area contributed by atoms with E-state index in [0.717, 1.165) is 77.0 Å². The van der Waals surface area contributed by atoms with Crippen molar-refractivity contribution in [2.75, 3.05) is 13.7 Å². The molecule has 1 atom stereocenters. The predicted molar refractivity (Wildman–Crippen MR) is 241 cm³/mol. The normalized spacial score (nSPS) is 13.6. The van der Waals surface area contributed by atoms with Crippen LogP contribution in [0.1, 0.15) is 129 Å². The average Bonchev–Trinajstić information content (AvgIpc) is 3.20. The molecule has 0 rings (SSSR count). The number of ether oxygens (including phenoxy) is 1. The van der Waals surface area contributed by atoms with E-state index in [1.54, 1.807) is 0 Å². The molecule has 0 fully saturated rings. The zero-order valence-corrected chi connectivity index (χ0v) is 35.0. The first-order chi connectivity index (χ1) is 27.5.